The van der Waals surface area contributed by atoms with E-state index in [-0.39, 0.29) is 12.2 Å². The summed E-state index contributed by atoms with van der Waals surface area (Å²) in [6.07, 6.45) is 4.48. The van der Waals surface area contributed by atoms with Gasteiger partial charge in [0.05, 0.1) is 23.8 Å². The number of pyridine rings is 1. The number of hydrogen-bond acceptors (Lipinski definition) is 6. The van der Waals surface area contributed by atoms with E-state index < -0.39 is 22.9 Å². The first-order valence-electron chi connectivity index (χ1n) is 7.99. The number of nitro groups is 1. The average Bonchev–Trinajstić information content (AvgIpc) is 2.58. The van der Waals surface area contributed by atoms with Crippen LogP contribution in [0.1, 0.15) is 38.2 Å². The molecule has 1 aliphatic heterocycles. The van der Waals surface area contributed by atoms with Gasteiger partial charge in [-0.25, -0.2) is 4.79 Å². The van der Waals surface area contributed by atoms with Crippen LogP contribution in [0.15, 0.2) is 40.8 Å². The minimum Gasteiger partial charge on any atom is -0.462 e. The van der Waals surface area contributed by atoms with Crippen LogP contribution in [-0.2, 0) is 9.53 Å². The molecule has 0 radical (unpaired) electrons. The normalized spacial score (nSPS) is 20.2. The van der Waals surface area contributed by atoms with E-state index in [1.54, 1.807) is 32.2 Å². The largest absolute Gasteiger partial charge is 0.462 e. The number of hydrogen-bond donors (Lipinski definition) is 0. The van der Waals surface area contributed by atoms with Gasteiger partial charge in [0.1, 0.15) is 0 Å². The predicted molar refractivity (Wildman–Crippen MR) is 94.5 cm³/mol. The Kier molecular flexibility index (Phi) is 6.64. The number of ether oxygens (including phenoxy) is 1. The van der Waals surface area contributed by atoms with E-state index in [9.17, 15) is 14.9 Å². The van der Waals surface area contributed by atoms with Crippen molar-refractivity contribution in [1.82, 2.24) is 4.98 Å². The molecule has 134 valence electrons. The summed E-state index contributed by atoms with van der Waals surface area (Å²) >= 11 is 5.61. The van der Waals surface area contributed by atoms with Crippen molar-refractivity contribution in [2.75, 3.05) is 12.5 Å². The molecule has 1 aliphatic rings. The van der Waals surface area contributed by atoms with Gasteiger partial charge in [0.15, 0.2) is 0 Å². The van der Waals surface area contributed by atoms with Gasteiger partial charge in [0.2, 0.25) is 0 Å². The highest BCUT2D eigenvalue weighted by Crippen LogP contribution is 2.36. The van der Waals surface area contributed by atoms with Gasteiger partial charge in [-0.15, -0.1) is 11.6 Å². The van der Waals surface area contributed by atoms with Gasteiger partial charge < -0.3 is 4.74 Å². The molecule has 0 saturated carbocycles. The first-order chi connectivity index (χ1) is 12.0. The highest BCUT2D eigenvalue weighted by atomic mass is 35.5. The van der Waals surface area contributed by atoms with Crippen molar-refractivity contribution in [3.8, 4) is 0 Å². The number of unbranched alkanes of at least 4 members (excludes halogenated alkanes) is 1. The smallest absolute Gasteiger partial charge is 0.336 e. The minimum absolute atomic E-state index is 0.214. The first kappa shape index (κ1) is 19.1. The quantitative estimate of drug-likeness (QED) is 0.243. The number of carbonyl (C=O) groups is 1. The SMILES string of the molecule is CC1=NC(C)=C(C(=O)OCCCCCl)C(c2cccnc2)C1[N+](=O)[O-]. The molecule has 2 atom stereocenters. The van der Waals surface area contributed by atoms with Crippen molar-refractivity contribution < 1.29 is 14.5 Å². The molecule has 1 aromatic heterocycles. The lowest BCUT2D eigenvalue weighted by Gasteiger charge is -2.27. The second kappa shape index (κ2) is 8.71. The van der Waals surface area contributed by atoms with Crippen molar-refractivity contribution in [2.45, 2.75) is 38.6 Å². The van der Waals surface area contributed by atoms with E-state index in [1.165, 1.54) is 6.20 Å². The Morgan fingerprint density at radius 2 is 2.16 bits per heavy atom. The average molecular weight is 366 g/mol. The number of alkyl halides is 1. The fourth-order valence-corrected chi connectivity index (χ4v) is 3.10. The number of allylic oxidation sites excluding steroid dienone is 1. The molecule has 2 rings (SSSR count). The van der Waals surface area contributed by atoms with Crippen LogP contribution >= 0.6 is 11.6 Å². The lowest BCUT2D eigenvalue weighted by Crippen LogP contribution is -2.40. The van der Waals surface area contributed by atoms with Gasteiger partial charge in [0.25, 0.3) is 6.04 Å². The minimum atomic E-state index is -1.13. The molecule has 7 nitrogen and oxygen atoms in total. The van der Waals surface area contributed by atoms with Crippen LogP contribution in [0.25, 0.3) is 0 Å². The Morgan fingerprint density at radius 3 is 2.76 bits per heavy atom. The van der Waals surface area contributed by atoms with Crippen molar-refractivity contribution in [3.05, 3.63) is 51.5 Å². The molecule has 25 heavy (non-hydrogen) atoms. The Bertz CT molecular complexity index is 703. The second-order valence-corrected chi connectivity index (χ2v) is 6.16. The van der Waals surface area contributed by atoms with Crippen LogP contribution in [0.3, 0.4) is 0 Å². The van der Waals surface area contributed by atoms with Crippen LogP contribution in [0.2, 0.25) is 0 Å². The summed E-state index contributed by atoms with van der Waals surface area (Å²) in [5, 5.41) is 11.6. The number of nitrogens with zero attached hydrogens (tertiary/aromatic N) is 3. The highest BCUT2D eigenvalue weighted by molar-refractivity contribution is 6.17. The van der Waals surface area contributed by atoms with E-state index in [1.807, 2.05) is 0 Å². The second-order valence-electron chi connectivity index (χ2n) is 5.78. The number of aromatic nitrogens is 1. The maximum atomic E-state index is 12.6. The molecule has 0 bridgehead atoms. The molecule has 0 aliphatic carbocycles. The Labute approximate surface area is 150 Å². The van der Waals surface area contributed by atoms with Crippen molar-refractivity contribution >= 4 is 23.3 Å². The number of rotatable bonds is 7. The van der Waals surface area contributed by atoms with Crippen molar-refractivity contribution in [2.24, 2.45) is 4.99 Å². The van der Waals surface area contributed by atoms with Gasteiger partial charge in [-0.2, -0.15) is 0 Å². The van der Waals surface area contributed by atoms with E-state index in [4.69, 9.17) is 16.3 Å². The summed E-state index contributed by atoms with van der Waals surface area (Å²) in [6, 6.07) is 2.28. The summed E-state index contributed by atoms with van der Waals surface area (Å²) in [4.78, 5) is 32.1. The zero-order valence-electron chi connectivity index (χ0n) is 14.1. The lowest BCUT2D eigenvalue weighted by molar-refractivity contribution is -0.505. The maximum Gasteiger partial charge on any atom is 0.336 e. The number of carbonyl (C=O) groups excluding carboxylic acids is 1. The number of aliphatic imine (C=N–C) groups is 1. The fourth-order valence-electron chi connectivity index (χ4n) is 2.91. The molecule has 1 aromatic rings. The summed E-state index contributed by atoms with van der Waals surface area (Å²) in [5.74, 6) is -0.865. The van der Waals surface area contributed by atoms with Gasteiger partial charge in [-0.3, -0.25) is 20.1 Å². The predicted octanol–water partition coefficient (Wildman–Crippen LogP) is 3.12. The van der Waals surface area contributed by atoms with Crippen LogP contribution in [-0.4, -0.2) is 40.1 Å². The van der Waals surface area contributed by atoms with E-state index in [0.717, 1.165) is 6.42 Å². The Hall–Kier alpha value is -2.28. The molecule has 0 spiro atoms. The van der Waals surface area contributed by atoms with E-state index >= 15 is 0 Å². The molecule has 0 saturated heterocycles. The molecule has 0 aromatic carbocycles. The third-order valence-corrected chi connectivity index (χ3v) is 4.31. The van der Waals surface area contributed by atoms with Gasteiger partial charge >= 0.3 is 5.97 Å². The third kappa shape index (κ3) is 4.42. The lowest BCUT2D eigenvalue weighted by atomic mass is 9.81. The molecule has 2 unspecified atom stereocenters. The topological polar surface area (TPSA) is 94.7 Å². The van der Waals surface area contributed by atoms with Crippen LogP contribution < -0.4 is 0 Å². The summed E-state index contributed by atoms with van der Waals surface area (Å²) in [6.45, 7) is 3.48. The van der Waals surface area contributed by atoms with Crippen LogP contribution in [0.4, 0.5) is 0 Å². The van der Waals surface area contributed by atoms with Crippen LogP contribution in [0.5, 0.6) is 0 Å². The van der Waals surface area contributed by atoms with Crippen molar-refractivity contribution in [1.29, 1.82) is 0 Å². The zero-order chi connectivity index (χ0) is 18.4. The highest BCUT2D eigenvalue weighted by Gasteiger charge is 2.44. The molecular weight excluding hydrogens is 346 g/mol. The van der Waals surface area contributed by atoms with E-state index in [2.05, 4.69) is 9.98 Å². The molecule has 2 heterocycles. The first-order valence-corrected chi connectivity index (χ1v) is 8.53. The maximum absolute atomic E-state index is 12.6. The summed E-state index contributed by atoms with van der Waals surface area (Å²) < 4.78 is 5.30. The standard InChI is InChI=1S/C17H20ClN3O4/c1-11-14(17(22)25-9-4-3-7-18)15(13-6-5-8-19-10-13)16(21(23)24)12(2)20-11/h5-6,8,10,15-16H,3-4,7,9H2,1-2H3. The summed E-state index contributed by atoms with van der Waals surface area (Å²) in [5.41, 5.74) is 1.60. The molecule has 0 fully saturated rings. The number of esters is 1. The fraction of sp³-hybridized carbons (Fsp3) is 0.471. The Morgan fingerprint density at radius 1 is 1.40 bits per heavy atom. The van der Waals surface area contributed by atoms with E-state index in [0.29, 0.717) is 29.3 Å². The molecule has 8 heteroatoms. The Balaban J connectivity index is 2.39. The van der Waals surface area contributed by atoms with Gasteiger partial charge in [-0.05, 0) is 38.3 Å². The summed E-state index contributed by atoms with van der Waals surface area (Å²) in [7, 11) is 0. The molecule has 0 N–H and O–H groups in total. The van der Waals surface area contributed by atoms with Gasteiger partial charge in [-0.1, -0.05) is 6.07 Å². The molecule has 0 amide bonds. The zero-order valence-corrected chi connectivity index (χ0v) is 14.9. The number of halogens is 1. The molecular formula is C17H20ClN3O4. The monoisotopic (exact) mass is 365 g/mol. The van der Waals surface area contributed by atoms with Crippen molar-refractivity contribution in [3.63, 3.8) is 0 Å². The van der Waals surface area contributed by atoms with Gasteiger partial charge in [0, 0.05) is 28.9 Å². The van der Waals surface area contributed by atoms with Crippen LogP contribution in [0, 0.1) is 10.1 Å². The third-order valence-electron chi connectivity index (χ3n) is 4.04.